The van der Waals surface area contributed by atoms with E-state index in [0.717, 1.165) is 0 Å². The first-order valence-corrected chi connectivity index (χ1v) is 6.89. The minimum Gasteiger partial charge on any atom is -0.508 e. The van der Waals surface area contributed by atoms with E-state index in [-0.39, 0.29) is 11.5 Å². The predicted octanol–water partition coefficient (Wildman–Crippen LogP) is 1.48. The summed E-state index contributed by atoms with van der Waals surface area (Å²) < 4.78 is 30.6. The summed E-state index contributed by atoms with van der Waals surface area (Å²) in [5.41, 5.74) is 0.922. The number of rotatable bonds is 6. The molecule has 0 radical (unpaired) electrons. The Morgan fingerprint density at radius 1 is 1.41 bits per heavy atom. The maximum absolute atomic E-state index is 11.7. The van der Waals surface area contributed by atoms with Crippen LogP contribution in [0.2, 0.25) is 0 Å². The summed E-state index contributed by atoms with van der Waals surface area (Å²) >= 11 is 0. The van der Waals surface area contributed by atoms with Crippen LogP contribution in [0.3, 0.4) is 0 Å². The number of nitrogens with one attached hydrogen (secondary N) is 1. The van der Waals surface area contributed by atoms with Crippen LogP contribution in [-0.2, 0) is 14.8 Å². The molecule has 0 amide bonds. The van der Waals surface area contributed by atoms with Crippen molar-refractivity contribution in [2.24, 2.45) is 0 Å². The molecular weight excluding hydrogens is 242 g/mol. The van der Waals surface area contributed by atoms with Gasteiger partial charge in [-0.15, -0.1) is 0 Å². The second-order valence-electron chi connectivity index (χ2n) is 3.72. The van der Waals surface area contributed by atoms with Crippen molar-refractivity contribution in [1.29, 1.82) is 0 Å². The number of aromatic hydroxyl groups is 1. The van der Waals surface area contributed by atoms with Crippen LogP contribution in [0.15, 0.2) is 18.2 Å². The highest BCUT2D eigenvalue weighted by Crippen LogP contribution is 2.24. The van der Waals surface area contributed by atoms with E-state index in [4.69, 9.17) is 4.74 Å². The van der Waals surface area contributed by atoms with Gasteiger partial charge < -0.3 is 9.84 Å². The van der Waals surface area contributed by atoms with E-state index < -0.39 is 10.0 Å². The van der Waals surface area contributed by atoms with Crippen LogP contribution >= 0.6 is 0 Å². The van der Waals surface area contributed by atoms with E-state index in [0.29, 0.717) is 24.3 Å². The summed E-state index contributed by atoms with van der Waals surface area (Å²) in [6.07, 6.45) is 0.434. The normalized spacial score (nSPS) is 11.4. The Morgan fingerprint density at radius 2 is 2.12 bits per heavy atom. The molecule has 5 nitrogen and oxygen atoms in total. The molecule has 0 saturated carbocycles. The predicted molar refractivity (Wildman–Crippen MR) is 66.7 cm³/mol. The van der Waals surface area contributed by atoms with Crippen molar-refractivity contribution in [3.8, 4) is 5.75 Å². The lowest BCUT2D eigenvalue weighted by atomic mass is 10.2. The van der Waals surface area contributed by atoms with Crippen molar-refractivity contribution in [2.45, 2.75) is 13.3 Å². The molecule has 0 heterocycles. The lowest BCUT2D eigenvalue weighted by Crippen LogP contribution is -2.18. The van der Waals surface area contributed by atoms with Gasteiger partial charge in [-0.05, 0) is 25.5 Å². The smallest absolute Gasteiger partial charge is 0.232 e. The van der Waals surface area contributed by atoms with Crippen LogP contribution in [0, 0.1) is 6.92 Å². The summed E-state index contributed by atoms with van der Waals surface area (Å²) in [5, 5.41) is 9.46. The molecule has 0 spiro atoms. The Morgan fingerprint density at radius 3 is 2.76 bits per heavy atom. The molecule has 0 saturated heterocycles. The summed E-state index contributed by atoms with van der Waals surface area (Å²) in [6, 6.07) is 4.72. The first-order chi connectivity index (χ1) is 7.96. The summed E-state index contributed by atoms with van der Waals surface area (Å²) in [4.78, 5) is 0. The van der Waals surface area contributed by atoms with Crippen molar-refractivity contribution in [3.05, 3.63) is 23.8 Å². The number of hydrogen-bond donors (Lipinski definition) is 2. The van der Waals surface area contributed by atoms with Gasteiger partial charge in [0.05, 0.1) is 11.4 Å². The van der Waals surface area contributed by atoms with Gasteiger partial charge in [-0.1, -0.05) is 6.07 Å². The third-order valence-corrected chi connectivity index (χ3v) is 3.69. The van der Waals surface area contributed by atoms with Gasteiger partial charge in [0, 0.05) is 19.3 Å². The molecule has 6 heteroatoms. The van der Waals surface area contributed by atoms with Gasteiger partial charge in [0.2, 0.25) is 10.0 Å². The monoisotopic (exact) mass is 259 g/mol. The number of sulfonamides is 1. The lowest BCUT2D eigenvalue weighted by molar-refractivity contribution is 0.199. The maximum atomic E-state index is 11.7. The van der Waals surface area contributed by atoms with Crippen LogP contribution in [0.4, 0.5) is 5.69 Å². The highest BCUT2D eigenvalue weighted by Gasteiger charge is 2.12. The Balaban J connectivity index is 2.73. The second kappa shape index (κ2) is 5.88. The van der Waals surface area contributed by atoms with Crippen LogP contribution in [0.1, 0.15) is 12.0 Å². The van der Waals surface area contributed by atoms with Gasteiger partial charge in [0.1, 0.15) is 5.75 Å². The van der Waals surface area contributed by atoms with Crippen LogP contribution in [-0.4, -0.2) is 33.0 Å². The quantitative estimate of drug-likeness (QED) is 0.759. The minimum absolute atomic E-state index is 0.00403. The molecule has 0 aliphatic rings. The number of phenolic OH excluding ortho intramolecular Hbond substituents is 1. The fourth-order valence-corrected chi connectivity index (χ4v) is 2.50. The summed E-state index contributed by atoms with van der Waals surface area (Å²) in [5.74, 6) is 0.0673. The van der Waals surface area contributed by atoms with Crippen molar-refractivity contribution in [1.82, 2.24) is 0 Å². The Kier molecular flexibility index (Phi) is 4.77. The standard InChI is InChI=1S/C11H17NO4S/c1-9-10(5-3-6-11(9)13)12-17(14,15)8-4-7-16-2/h3,5-6,12-13H,4,7-8H2,1-2H3. The molecule has 1 aromatic carbocycles. The molecule has 0 fully saturated rings. The van der Waals surface area contributed by atoms with Crippen LogP contribution < -0.4 is 4.72 Å². The Labute approximate surface area is 101 Å². The average Bonchev–Trinajstić information content (AvgIpc) is 2.25. The maximum Gasteiger partial charge on any atom is 0.232 e. The first-order valence-electron chi connectivity index (χ1n) is 5.24. The third kappa shape index (κ3) is 4.24. The van der Waals surface area contributed by atoms with Gasteiger partial charge in [0.15, 0.2) is 0 Å². The molecule has 0 aromatic heterocycles. The highest BCUT2D eigenvalue weighted by molar-refractivity contribution is 7.92. The van der Waals surface area contributed by atoms with E-state index in [1.807, 2.05) is 0 Å². The molecule has 1 aromatic rings. The number of methoxy groups -OCH3 is 1. The number of hydrogen-bond acceptors (Lipinski definition) is 4. The SMILES string of the molecule is COCCCS(=O)(=O)Nc1cccc(O)c1C. The zero-order valence-corrected chi connectivity index (χ0v) is 10.8. The number of benzene rings is 1. The summed E-state index contributed by atoms with van der Waals surface area (Å²) in [6.45, 7) is 2.06. The molecule has 96 valence electrons. The van der Waals surface area contributed by atoms with E-state index in [2.05, 4.69) is 4.72 Å². The molecule has 1 rings (SSSR count). The molecule has 0 unspecified atom stereocenters. The number of ether oxygens (including phenoxy) is 1. The Hall–Kier alpha value is -1.27. The third-order valence-electron chi connectivity index (χ3n) is 2.33. The van der Waals surface area contributed by atoms with Crippen molar-refractivity contribution in [2.75, 3.05) is 24.2 Å². The van der Waals surface area contributed by atoms with Crippen molar-refractivity contribution >= 4 is 15.7 Å². The van der Waals surface area contributed by atoms with E-state index in [9.17, 15) is 13.5 Å². The van der Waals surface area contributed by atoms with Gasteiger partial charge >= 0.3 is 0 Å². The summed E-state index contributed by atoms with van der Waals surface area (Å²) in [7, 11) is -1.86. The Bertz CT molecular complexity index is 470. The molecule has 0 aliphatic heterocycles. The fourth-order valence-electron chi connectivity index (χ4n) is 1.35. The van der Waals surface area contributed by atoms with Gasteiger partial charge in [-0.3, -0.25) is 4.72 Å². The number of phenols is 1. The van der Waals surface area contributed by atoms with Crippen LogP contribution in [0.5, 0.6) is 5.75 Å². The van der Waals surface area contributed by atoms with Gasteiger partial charge in [-0.25, -0.2) is 8.42 Å². The topological polar surface area (TPSA) is 75.6 Å². The zero-order valence-electron chi connectivity index (χ0n) is 9.93. The highest BCUT2D eigenvalue weighted by atomic mass is 32.2. The van der Waals surface area contributed by atoms with E-state index >= 15 is 0 Å². The molecular formula is C11H17NO4S. The fraction of sp³-hybridized carbons (Fsp3) is 0.455. The van der Waals surface area contributed by atoms with Gasteiger partial charge in [-0.2, -0.15) is 0 Å². The van der Waals surface area contributed by atoms with Crippen molar-refractivity contribution < 1.29 is 18.3 Å². The zero-order chi connectivity index (χ0) is 12.9. The van der Waals surface area contributed by atoms with E-state index in [1.54, 1.807) is 19.1 Å². The molecule has 0 aliphatic carbocycles. The molecule has 0 bridgehead atoms. The molecule has 0 atom stereocenters. The largest absolute Gasteiger partial charge is 0.508 e. The van der Waals surface area contributed by atoms with E-state index in [1.165, 1.54) is 13.2 Å². The minimum atomic E-state index is -3.39. The van der Waals surface area contributed by atoms with Crippen LogP contribution in [0.25, 0.3) is 0 Å². The van der Waals surface area contributed by atoms with Gasteiger partial charge in [0.25, 0.3) is 0 Å². The first kappa shape index (κ1) is 13.8. The van der Waals surface area contributed by atoms with Crippen molar-refractivity contribution in [3.63, 3.8) is 0 Å². The molecule has 17 heavy (non-hydrogen) atoms. The molecule has 2 N–H and O–H groups in total. The average molecular weight is 259 g/mol. The number of anilines is 1. The lowest BCUT2D eigenvalue weighted by Gasteiger charge is -2.11. The second-order valence-corrected chi connectivity index (χ2v) is 5.56.